The van der Waals surface area contributed by atoms with E-state index in [2.05, 4.69) is 0 Å². The average molecular weight is 646 g/mol. The monoisotopic (exact) mass is 645 g/mol. The summed E-state index contributed by atoms with van der Waals surface area (Å²) in [6.45, 7) is 3.85. The number of aliphatic carboxylic acids is 1. The molecule has 0 saturated heterocycles. The first-order valence-electron chi connectivity index (χ1n) is 15.6. The minimum absolute atomic E-state index is 0.218. The summed E-state index contributed by atoms with van der Waals surface area (Å²) >= 11 is 0. The highest BCUT2D eigenvalue weighted by Crippen LogP contribution is 2.24. The second-order valence-electron chi connectivity index (χ2n) is 10.6. The molecule has 1 N–H and O–H groups in total. The van der Waals surface area contributed by atoms with Crippen molar-refractivity contribution in [3.8, 4) is 23.0 Å². The van der Waals surface area contributed by atoms with Crippen LogP contribution in [0.15, 0.2) is 103 Å². The summed E-state index contributed by atoms with van der Waals surface area (Å²) in [6.07, 6.45) is 0.200. The number of rotatable bonds is 19. The number of carboxylic acid groups (broad SMARTS) is 1. The van der Waals surface area contributed by atoms with Crippen LogP contribution < -0.4 is 14.2 Å². The molecular formula is C37H40FNO8. The van der Waals surface area contributed by atoms with Gasteiger partial charge in [-0.05, 0) is 91.6 Å². The van der Waals surface area contributed by atoms with Crippen molar-refractivity contribution in [1.82, 2.24) is 4.90 Å². The van der Waals surface area contributed by atoms with Crippen molar-refractivity contribution < 1.29 is 42.8 Å². The lowest BCUT2D eigenvalue weighted by Gasteiger charge is -2.22. The Balaban J connectivity index is 1.28. The zero-order valence-corrected chi connectivity index (χ0v) is 26.4. The SMILES string of the molecule is CCOC(Cc1ccc(OCCN(CCCCOCc2ccc(F)cc2)C(=O)Oc2ccc(Oc3ccccc3)cc2)cc1)C(=O)O. The molecule has 0 spiro atoms. The molecule has 0 aliphatic carbocycles. The maximum atomic E-state index is 13.2. The van der Waals surface area contributed by atoms with Crippen molar-refractivity contribution in [2.75, 3.05) is 32.9 Å². The minimum Gasteiger partial charge on any atom is -0.492 e. The first-order valence-corrected chi connectivity index (χ1v) is 15.6. The maximum absolute atomic E-state index is 13.2. The molecule has 248 valence electrons. The van der Waals surface area contributed by atoms with E-state index >= 15 is 0 Å². The second kappa shape index (κ2) is 18.9. The summed E-state index contributed by atoms with van der Waals surface area (Å²) in [5.74, 6) is 0.999. The van der Waals surface area contributed by atoms with Gasteiger partial charge in [-0.1, -0.05) is 42.5 Å². The van der Waals surface area contributed by atoms with Crippen molar-refractivity contribution >= 4 is 12.1 Å². The highest BCUT2D eigenvalue weighted by atomic mass is 19.1. The minimum atomic E-state index is -1.00. The van der Waals surface area contributed by atoms with E-state index in [1.165, 1.54) is 12.1 Å². The zero-order valence-electron chi connectivity index (χ0n) is 26.4. The molecule has 1 atom stereocenters. The Bertz CT molecular complexity index is 1500. The third kappa shape index (κ3) is 12.4. The van der Waals surface area contributed by atoms with Crippen LogP contribution in [0, 0.1) is 5.82 Å². The summed E-state index contributed by atoms with van der Waals surface area (Å²) in [7, 11) is 0. The van der Waals surface area contributed by atoms with Crippen molar-refractivity contribution in [3.05, 3.63) is 120 Å². The number of nitrogens with zero attached hydrogens (tertiary/aromatic N) is 1. The summed E-state index contributed by atoms with van der Waals surface area (Å²) in [6, 6.07) is 29.5. The van der Waals surface area contributed by atoms with E-state index in [-0.39, 0.29) is 25.4 Å². The quantitative estimate of drug-likeness (QED) is 0.104. The van der Waals surface area contributed by atoms with Gasteiger partial charge in [-0.2, -0.15) is 0 Å². The van der Waals surface area contributed by atoms with Gasteiger partial charge in [0.05, 0.1) is 13.2 Å². The molecule has 0 aromatic heterocycles. The van der Waals surface area contributed by atoms with Crippen LogP contribution in [0.1, 0.15) is 30.9 Å². The molecule has 9 nitrogen and oxygen atoms in total. The smallest absolute Gasteiger partial charge is 0.415 e. The predicted octanol–water partition coefficient (Wildman–Crippen LogP) is 7.53. The summed E-state index contributed by atoms with van der Waals surface area (Å²) in [5.41, 5.74) is 1.70. The van der Waals surface area contributed by atoms with E-state index in [0.717, 1.165) is 11.1 Å². The van der Waals surface area contributed by atoms with Crippen molar-refractivity contribution in [2.45, 2.75) is 38.9 Å². The van der Waals surface area contributed by atoms with E-state index in [9.17, 15) is 19.1 Å². The number of hydrogen-bond donors (Lipinski definition) is 1. The lowest BCUT2D eigenvalue weighted by Crippen LogP contribution is -2.37. The number of unbranched alkanes of at least 4 members (excludes halogenated alkanes) is 1. The number of halogens is 1. The zero-order chi connectivity index (χ0) is 33.3. The second-order valence-corrected chi connectivity index (χ2v) is 10.6. The number of ether oxygens (including phenoxy) is 5. The van der Waals surface area contributed by atoms with Gasteiger partial charge < -0.3 is 33.7 Å². The van der Waals surface area contributed by atoms with Gasteiger partial charge in [0.1, 0.15) is 35.4 Å². The number of carbonyl (C=O) groups is 2. The molecule has 0 fully saturated rings. The molecule has 0 radical (unpaired) electrons. The first kappa shape index (κ1) is 34.9. The van der Waals surface area contributed by atoms with Crippen LogP contribution >= 0.6 is 0 Å². The van der Waals surface area contributed by atoms with Crippen LogP contribution in [0.25, 0.3) is 0 Å². The topological polar surface area (TPSA) is 104 Å². The van der Waals surface area contributed by atoms with Gasteiger partial charge in [-0.3, -0.25) is 0 Å². The summed E-state index contributed by atoms with van der Waals surface area (Å²) in [4.78, 5) is 26.2. The van der Waals surface area contributed by atoms with Crippen molar-refractivity contribution in [1.29, 1.82) is 0 Å². The number of carboxylic acids is 1. The maximum Gasteiger partial charge on any atom is 0.415 e. The Morgan fingerprint density at radius 1 is 0.745 bits per heavy atom. The molecule has 0 bridgehead atoms. The molecule has 1 unspecified atom stereocenters. The third-order valence-electron chi connectivity index (χ3n) is 7.03. The standard InChI is InChI=1S/C37H40FNO8/c1-2-44-35(36(40)41)26-28-12-16-31(17-13-28)45-25-23-39(22-6-7-24-43-27-29-10-14-30(38)15-11-29)37(42)47-34-20-18-33(19-21-34)46-32-8-4-3-5-9-32/h3-5,8-21,35H,2,6-7,22-27H2,1H3,(H,40,41). The number of amides is 1. The molecule has 4 aromatic rings. The van der Waals surface area contributed by atoms with Crippen LogP contribution in [0.2, 0.25) is 0 Å². The largest absolute Gasteiger partial charge is 0.492 e. The molecule has 0 aliphatic heterocycles. The fourth-order valence-electron chi connectivity index (χ4n) is 4.57. The molecule has 4 aromatic carbocycles. The molecule has 0 aliphatic rings. The van der Waals surface area contributed by atoms with Gasteiger partial charge in [-0.15, -0.1) is 0 Å². The van der Waals surface area contributed by atoms with Gasteiger partial charge in [0.2, 0.25) is 0 Å². The molecule has 47 heavy (non-hydrogen) atoms. The molecule has 10 heteroatoms. The van der Waals surface area contributed by atoms with E-state index in [1.54, 1.807) is 72.5 Å². The number of carbonyl (C=O) groups excluding carboxylic acids is 1. The van der Waals surface area contributed by atoms with Crippen molar-refractivity contribution in [2.24, 2.45) is 0 Å². The Hall–Kier alpha value is -4.93. The van der Waals surface area contributed by atoms with Crippen LogP contribution in [-0.4, -0.2) is 61.1 Å². The number of para-hydroxylation sites is 1. The van der Waals surface area contributed by atoms with E-state index in [4.69, 9.17) is 23.7 Å². The fraction of sp³-hybridized carbons (Fsp3) is 0.297. The third-order valence-corrected chi connectivity index (χ3v) is 7.03. The Morgan fingerprint density at radius 2 is 1.38 bits per heavy atom. The van der Waals surface area contributed by atoms with Crippen LogP contribution in [-0.2, 0) is 27.3 Å². The van der Waals surface area contributed by atoms with E-state index in [0.29, 0.717) is 62.2 Å². The van der Waals surface area contributed by atoms with Crippen molar-refractivity contribution in [3.63, 3.8) is 0 Å². The van der Waals surface area contributed by atoms with E-state index in [1.807, 2.05) is 30.3 Å². The van der Waals surface area contributed by atoms with Gasteiger partial charge in [0.25, 0.3) is 0 Å². The Labute approximate surface area is 274 Å². The van der Waals surface area contributed by atoms with E-state index < -0.39 is 18.2 Å². The fourth-order valence-corrected chi connectivity index (χ4v) is 4.57. The summed E-state index contributed by atoms with van der Waals surface area (Å²) < 4.78 is 41.5. The first-order chi connectivity index (χ1) is 22.9. The predicted molar refractivity (Wildman–Crippen MR) is 175 cm³/mol. The molecule has 0 saturated carbocycles. The van der Waals surface area contributed by atoms with Crippen LogP contribution in [0.4, 0.5) is 9.18 Å². The number of benzene rings is 4. The lowest BCUT2D eigenvalue weighted by molar-refractivity contribution is -0.149. The highest BCUT2D eigenvalue weighted by Gasteiger charge is 2.19. The highest BCUT2D eigenvalue weighted by molar-refractivity contribution is 5.72. The van der Waals surface area contributed by atoms with Crippen LogP contribution in [0.3, 0.4) is 0 Å². The van der Waals surface area contributed by atoms with Gasteiger partial charge in [0, 0.05) is 26.2 Å². The normalized spacial score (nSPS) is 11.4. The molecular weight excluding hydrogens is 605 g/mol. The molecule has 1 amide bonds. The average Bonchev–Trinajstić information content (AvgIpc) is 3.08. The van der Waals surface area contributed by atoms with Crippen LogP contribution in [0.5, 0.6) is 23.0 Å². The lowest BCUT2D eigenvalue weighted by atomic mass is 10.1. The Kier molecular flexibility index (Phi) is 14.0. The Morgan fingerprint density at radius 3 is 2.06 bits per heavy atom. The van der Waals surface area contributed by atoms with Gasteiger partial charge in [-0.25, -0.2) is 14.0 Å². The van der Waals surface area contributed by atoms with Gasteiger partial charge in [0.15, 0.2) is 6.10 Å². The molecule has 4 rings (SSSR count). The number of hydrogen-bond acceptors (Lipinski definition) is 7. The summed E-state index contributed by atoms with van der Waals surface area (Å²) in [5, 5.41) is 9.34. The molecule has 0 heterocycles. The van der Waals surface area contributed by atoms with Gasteiger partial charge >= 0.3 is 12.1 Å².